The molecule has 0 heterocycles. The SMILES string of the molecule is COCCN(CCBr)C(=O)c1ccc(O)cc1C. The van der Waals surface area contributed by atoms with Gasteiger partial charge in [0, 0.05) is 31.1 Å². The van der Waals surface area contributed by atoms with Gasteiger partial charge in [0.1, 0.15) is 5.75 Å². The molecule has 1 aromatic rings. The highest BCUT2D eigenvalue weighted by Gasteiger charge is 2.16. The van der Waals surface area contributed by atoms with E-state index < -0.39 is 0 Å². The molecule has 0 atom stereocenters. The number of amides is 1. The van der Waals surface area contributed by atoms with Crippen molar-refractivity contribution in [2.75, 3.05) is 32.1 Å². The quantitative estimate of drug-likeness (QED) is 0.819. The van der Waals surface area contributed by atoms with Crippen molar-refractivity contribution in [3.05, 3.63) is 29.3 Å². The van der Waals surface area contributed by atoms with E-state index in [1.807, 2.05) is 6.92 Å². The third kappa shape index (κ3) is 3.99. The molecule has 1 amide bonds. The van der Waals surface area contributed by atoms with Crippen LogP contribution in [0.3, 0.4) is 0 Å². The first-order valence-electron chi connectivity index (χ1n) is 5.74. The summed E-state index contributed by atoms with van der Waals surface area (Å²) in [6.07, 6.45) is 0. The summed E-state index contributed by atoms with van der Waals surface area (Å²) in [7, 11) is 1.61. The van der Waals surface area contributed by atoms with Crippen LogP contribution in [0.15, 0.2) is 18.2 Å². The van der Waals surface area contributed by atoms with Crippen molar-refractivity contribution in [1.82, 2.24) is 4.90 Å². The molecule has 5 heteroatoms. The summed E-state index contributed by atoms with van der Waals surface area (Å²) in [6.45, 7) is 3.51. The van der Waals surface area contributed by atoms with E-state index in [0.717, 1.165) is 10.9 Å². The lowest BCUT2D eigenvalue weighted by atomic mass is 10.1. The number of carbonyl (C=O) groups is 1. The second-order valence-electron chi connectivity index (χ2n) is 3.97. The van der Waals surface area contributed by atoms with Gasteiger partial charge in [0.2, 0.25) is 0 Å². The maximum absolute atomic E-state index is 12.3. The lowest BCUT2D eigenvalue weighted by molar-refractivity contribution is 0.0708. The van der Waals surface area contributed by atoms with E-state index in [2.05, 4.69) is 15.9 Å². The van der Waals surface area contributed by atoms with Gasteiger partial charge in [-0.3, -0.25) is 4.79 Å². The van der Waals surface area contributed by atoms with E-state index in [9.17, 15) is 9.90 Å². The predicted octanol–water partition coefficient (Wildman–Crippen LogP) is 2.18. The Morgan fingerprint density at radius 3 is 2.72 bits per heavy atom. The molecule has 1 rings (SSSR count). The van der Waals surface area contributed by atoms with Crippen LogP contribution < -0.4 is 0 Å². The van der Waals surface area contributed by atoms with E-state index in [-0.39, 0.29) is 11.7 Å². The Balaban J connectivity index is 2.87. The Morgan fingerprint density at radius 1 is 1.44 bits per heavy atom. The third-order valence-corrected chi connectivity index (χ3v) is 3.00. The van der Waals surface area contributed by atoms with Gasteiger partial charge >= 0.3 is 0 Å². The van der Waals surface area contributed by atoms with Crippen LogP contribution in [0.25, 0.3) is 0 Å². The van der Waals surface area contributed by atoms with Gasteiger partial charge < -0.3 is 14.7 Å². The summed E-state index contributed by atoms with van der Waals surface area (Å²) >= 11 is 3.34. The minimum atomic E-state index is -0.0380. The van der Waals surface area contributed by atoms with Crippen LogP contribution in [-0.2, 0) is 4.74 Å². The molecule has 0 fully saturated rings. The Hall–Kier alpha value is -1.07. The fraction of sp³-hybridized carbons (Fsp3) is 0.462. The molecule has 4 nitrogen and oxygen atoms in total. The number of carbonyl (C=O) groups excluding carboxylic acids is 1. The molecule has 0 saturated heterocycles. The fourth-order valence-corrected chi connectivity index (χ4v) is 2.10. The van der Waals surface area contributed by atoms with Crippen molar-refractivity contribution in [3.63, 3.8) is 0 Å². The van der Waals surface area contributed by atoms with E-state index in [1.54, 1.807) is 24.1 Å². The number of rotatable bonds is 6. The van der Waals surface area contributed by atoms with Gasteiger partial charge in [0.25, 0.3) is 5.91 Å². The molecule has 0 aliphatic rings. The van der Waals surface area contributed by atoms with Gasteiger partial charge in [-0.05, 0) is 30.7 Å². The first-order chi connectivity index (χ1) is 8.60. The van der Waals surface area contributed by atoms with Crippen LogP contribution in [0.4, 0.5) is 0 Å². The van der Waals surface area contributed by atoms with Crippen molar-refractivity contribution in [2.45, 2.75) is 6.92 Å². The smallest absolute Gasteiger partial charge is 0.254 e. The molecule has 0 unspecified atom stereocenters. The highest BCUT2D eigenvalue weighted by atomic mass is 79.9. The second-order valence-corrected chi connectivity index (χ2v) is 4.77. The lowest BCUT2D eigenvalue weighted by Crippen LogP contribution is -2.35. The summed E-state index contributed by atoms with van der Waals surface area (Å²) in [5.74, 6) is 0.136. The highest BCUT2D eigenvalue weighted by molar-refractivity contribution is 9.09. The number of halogens is 1. The predicted molar refractivity (Wildman–Crippen MR) is 74.4 cm³/mol. The number of aromatic hydroxyl groups is 1. The summed E-state index contributed by atoms with van der Waals surface area (Å²) in [6, 6.07) is 4.78. The molecule has 0 saturated carbocycles. The highest BCUT2D eigenvalue weighted by Crippen LogP contribution is 2.17. The van der Waals surface area contributed by atoms with Crippen molar-refractivity contribution < 1.29 is 14.6 Å². The Morgan fingerprint density at radius 2 is 2.17 bits per heavy atom. The average molecular weight is 316 g/mol. The molecule has 0 bridgehead atoms. The number of phenolic OH excluding ortho intramolecular Hbond substituents is 1. The second kappa shape index (κ2) is 7.38. The Labute approximate surface area is 116 Å². The molecule has 18 heavy (non-hydrogen) atoms. The number of alkyl halides is 1. The summed E-state index contributed by atoms with van der Waals surface area (Å²) in [5, 5.41) is 10.1. The molecule has 100 valence electrons. The van der Waals surface area contributed by atoms with Crippen molar-refractivity contribution >= 4 is 21.8 Å². The molecule has 0 aliphatic carbocycles. The number of nitrogens with zero attached hydrogens (tertiary/aromatic N) is 1. The van der Waals surface area contributed by atoms with Gasteiger partial charge in [0.15, 0.2) is 0 Å². The standard InChI is InChI=1S/C13H18BrNO3/c1-10-9-11(16)3-4-12(10)13(17)15(6-5-14)7-8-18-2/h3-4,9,16H,5-8H2,1-2H3. The van der Waals surface area contributed by atoms with Crippen LogP contribution >= 0.6 is 15.9 Å². The normalized spacial score (nSPS) is 10.4. The van der Waals surface area contributed by atoms with E-state index >= 15 is 0 Å². The van der Waals surface area contributed by atoms with Gasteiger partial charge in [-0.1, -0.05) is 15.9 Å². The number of aryl methyl sites for hydroxylation is 1. The molecule has 0 aromatic heterocycles. The number of benzene rings is 1. The molecule has 0 spiro atoms. The minimum Gasteiger partial charge on any atom is -0.508 e. The maximum atomic E-state index is 12.3. The van der Waals surface area contributed by atoms with E-state index in [0.29, 0.717) is 25.3 Å². The molecule has 1 aromatic carbocycles. The summed E-state index contributed by atoms with van der Waals surface area (Å²) < 4.78 is 5.00. The molecule has 0 aliphatic heterocycles. The summed E-state index contributed by atoms with van der Waals surface area (Å²) in [5.41, 5.74) is 1.39. The van der Waals surface area contributed by atoms with Crippen LogP contribution in [0, 0.1) is 6.92 Å². The molecule has 1 N–H and O–H groups in total. The molecular formula is C13H18BrNO3. The zero-order chi connectivity index (χ0) is 13.5. The van der Waals surface area contributed by atoms with Crippen LogP contribution in [0.2, 0.25) is 0 Å². The fourth-order valence-electron chi connectivity index (χ4n) is 1.68. The van der Waals surface area contributed by atoms with Crippen LogP contribution in [0.5, 0.6) is 5.75 Å². The average Bonchev–Trinajstić information content (AvgIpc) is 2.33. The number of hydrogen-bond acceptors (Lipinski definition) is 3. The van der Waals surface area contributed by atoms with Crippen molar-refractivity contribution in [1.29, 1.82) is 0 Å². The zero-order valence-corrected chi connectivity index (χ0v) is 12.2. The number of methoxy groups -OCH3 is 1. The number of ether oxygens (including phenoxy) is 1. The van der Waals surface area contributed by atoms with Crippen LogP contribution in [0.1, 0.15) is 15.9 Å². The largest absolute Gasteiger partial charge is 0.508 e. The van der Waals surface area contributed by atoms with Gasteiger partial charge in [0.05, 0.1) is 6.61 Å². The van der Waals surface area contributed by atoms with Crippen LogP contribution in [-0.4, -0.2) is 48.0 Å². The van der Waals surface area contributed by atoms with Gasteiger partial charge in [-0.15, -0.1) is 0 Å². The van der Waals surface area contributed by atoms with E-state index in [4.69, 9.17) is 4.74 Å². The van der Waals surface area contributed by atoms with Gasteiger partial charge in [-0.2, -0.15) is 0 Å². The Kier molecular flexibility index (Phi) is 6.15. The monoisotopic (exact) mass is 315 g/mol. The first-order valence-corrected chi connectivity index (χ1v) is 6.86. The first kappa shape index (κ1) is 15.0. The maximum Gasteiger partial charge on any atom is 0.254 e. The van der Waals surface area contributed by atoms with Gasteiger partial charge in [-0.25, -0.2) is 0 Å². The zero-order valence-electron chi connectivity index (χ0n) is 10.6. The third-order valence-electron chi connectivity index (χ3n) is 2.65. The van der Waals surface area contributed by atoms with Crippen molar-refractivity contribution in [3.8, 4) is 5.75 Å². The summed E-state index contributed by atoms with van der Waals surface area (Å²) in [4.78, 5) is 14.1. The molecule has 0 radical (unpaired) electrons. The van der Waals surface area contributed by atoms with E-state index in [1.165, 1.54) is 6.07 Å². The number of hydrogen-bond donors (Lipinski definition) is 1. The molecular weight excluding hydrogens is 298 g/mol. The lowest BCUT2D eigenvalue weighted by Gasteiger charge is -2.22. The minimum absolute atomic E-state index is 0.0380. The Bertz CT molecular complexity index is 409. The number of phenols is 1. The topological polar surface area (TPSA) is 49.8 Å². The van der Waals surface area contributed by atoms with Crippen molar-refractivity contribution in [2.24, 2.45) is 0 Å².